The van der Waals surface area contributed by atoms with Crippen LogP contribution in [0.5, 0.6) is 0 Å². The number of hydrogen-bond acceptors (Lipinski definition) is 6. The molecule has 1 aromatic carbocycles. The van der Waals surface area contributed by atoms with Crippen LogP contribution < -0.4 is 4.90 Å². The van der Waals surface area contributed by atoms with Gasteiger partial charge >= 0.3 is 6.01 Å². The summed E-state index contributed by atoms with van der Waals surface area (Å²) in [5.74, 6) is 0.639. The molecule has 3 aromatic rings. The Morgan fingerprint density at radius 2 is 2.00 bits per heavy atom. The summed E-state index contributed by atoms with van der Waals surface area (Å²) in [6.07, 6.45) is 2.19. The molecular formula is C17H18N4OS. The molecule has 1 saturated heterocycles. The molecule has 23 heavy (non-hydrogen) atoms. The molecule has 1 fully saturated rings. The van der Waals surface area contributed by atoms with Gasteiger partial charge in [0, 0.05) is 17.5 Å². The summed E-state index contributed by atoms with van der Waals surface area (Å²) in [7, 11) is 0. The lowest BCUT2D eigenvalue weighted by Gasteiger charge is -2.20. The molecule has 0 amide bonds. The summed E-state index contributed by atoms with van der Waals surface area (Å²) in [6, 6.07) is 8.99. The minimum atomic E-state index is 0.242. The Morgan fingerprint density at radius 3 is 2.74 bits per heavy atom. The van der Waals surface area contributed by atoms with Crippen LogP contribution >= 0.6 is 11.3 Å². The molecular weight excluding hydrogens is 308 g/mol. The first kappa shape index (κ1) is 14.4. The van der Waals surface area contributed by atoms with Crippen molar-refractivity contribution in [1.82, 2.24) is 15.1 Å². The van der Waals surface area contributed by atoms with Crippen molar-refractivity contribution in [2.24, 2.45) is 0 Å². The zero-order valence-corrected chi connectivity index (χ0v) is 14.0. The SMILES string of the molecule is Cc1ccc(-c2noc(N3CCC[C@@H]3c3csc(C)n3)n2)cc1. The van der Waals surface area contributed by atoms with Crippen molar-refractivity contribution in [3.05, 3.63) is 45.9 Å². The van der Waals surface area contributed by atoms with Crippen LogP contribution in [0.2, 0.25) is 0 Å². The standard InChI is InChI=1S/C17H18N4OS/c1-11-5-7-13(8-6-11)16-19-17(22-20-16)21-9-3-4-15(21)14-10-23-12(2)18-14/h5-8,10,15H,3-4,9H2,1-2H3/t15-/m1/s1. The van der Waals surface area contributed by atoms with E-state index < -0.39 is 0 Å². The van der Waals surface area contributed by atoms with E-state index in [1.165, 1.54) is 5.56 Å². The molecule has 0 aliphatic carbocycles. The zero-order chi connectivity index (χ0) is 15.8. The van der Waals surface area contributed by atoms with Crippen LogP contribution in [-0.2, 0) is 0 Å². The van der Waals surface area contributed by atoms with Gasteiger partial charge in [0.25, 0.3) is 0 Å². The van der Waals surface area contributed by atoms with Crippen molar-refractivity contribution < 1.29 is 4.52 Å². The number of anilines is 1. The second-order valence-corrected chi connectivity index (χ2v) is 6.97. The van der Waals surface area contributed by atoms with Gasteiger partial charge in [-0.2, -0.15) is 4.98 Å². The Bertz CT molecular complexity index is 808. The molecule has 3 heterocycles. The maximum absolute atomic E-state index is 5.53. The van der Waals surface area contributed by atoms with E-state index in [0.717, 1.165) is 35.7 Å². The highest BCUT2D eigenvalue weighted by atomic mass is 32.1. The summed E-state index contributed by atoms with van der Waals surface area (Å²) in [5, 5.41) is 7.38. The van der Waals surface area contributed by atoms with Crippen LogP contribution in [0.1, 0.15) is 35.1 Å². The van der Waals surface area contributed by atoms with Crippen molar-refractivity contribution in [3.63, 3.8) is 0 Å². The minimum Gasteiger partial charge on any atom is -0.316 e. The fourth-order valence-corrected chi connectivity index (χ4v) is 3.65. The number of aryl methyl sites for hydroxylation is 2. The Hall–Kier alpha value is -2.21. The molecule has 0 bridgehead atoms. The van der Waals surface area contributed by atoms with Gasteiger partial charge in [-0.3, -0.25) is 0 Å². The van der Waals surface area contributed by atoms with Gasteiger partial charge in [-0.15, -0.1) is 11.3 Å². The van der Waals surface area contributed by atoms with Crippen LogP contribution in [0, 0.1) is 13.8 Å². The van der Waals surface area contributed by atoms with E-state index in [2.05, 4.69) is 44.5 Å². The molecule has 1 aliphatic heterocycles. The molecule has 118 valence electrons. The molecule has 2 aromatic heterocycles. The number of thiazole rings is 1. The van der Waals surface area contributed by atoms with E-state index in [9.17, 15) is 0 Å². The van der Waals surface area contributed by atoms with Gasteiger partial charge in [-0.05, 0) is 26.7 Å². The third-order valence-corrected chi connectivity index (χ3v) is 4.99. The van der Waals surface area contributed by atoms with Crippen LogP contribution in [0.25, 0.3) is 11.4 Å². The normalized spacial score (nSPS) is 17.8. The maximum Gasteiger partial charge on any atom is 0.324 e. The first-order valence-electron chi connectivity index (χ1n) is 7.80. The summed E-state index contributed by atoms with van der Waals surface area (Å²) in [5.41, 5.74) is 3.31. The minimum absolute atomic E-state index is 0.242. The largest absolute Gasteiger partial charge is 0.324 e. The van der Waals surface area contributed by atoms with Crippen molar-refractivity contribution in [3.8, 4) is 11.4 Å². The predicted molar refractivity (Wildman–Crippen MR) is 90.6 cm³/mol. The lowest BCUT2D eigenvalue weighted by Crippen LogP contribution is -2.23. The molecule has 0 radical (unpaired) electrons. The summed E-state index contributed by atoms with van der Waals surface area (Å²) in [6.45, 7) is 5.03. The monoisotopic (exact) mass is 326 g/mol. The third kappa shape index (κ3) is 2.74. The van der Waals surface area contributed by atoms with Gasteiger partial charge in [0.05, 0.1) is 16.7 Å². The fourth-order valence-electron chi connectivity index (χ4n) is 2.99. The Labute approximate surface area is 139 Å². The van der Waals surface area contributed by atoms with Gasteiger partial charge in [0.1, 0.15) is 0 Å². The summed E-state index contributed by atoms with van der Waals surface area (Å²) in [4.78, 5) is 11.4. The lowest BCUT2D eigenvalue weighted by molar-refractivity contribution is 0.411. The zero-order valence-electron chi connectivity index (χ0n) is 13.2. The average molecular weight is 326 g/mol. The Morgan fingerprint density at radius 1 is 1.17 bits per heavy atom. The number of rotatable bonds is 3. The van der Waals surface area contributed by atoms with Gasteiger partial charge < -0.3 is 9.42 Å². The maximum atomic E-state index is 5.53. The molecule has 0 spiro atoms. The molecule has 1 atom stereocenters. The second kappa shape index (κ2) is 5.77. The first-order valence-corrected chi connectivity index (χ1v) is 8.68. The average Bonchev–Trinajstić information content (AvgIpc) is 3.26. The van der Waals surface area contributed by atoms with Gasteiger partial charge in [0.15, 0.2) is 0 Å². The highest BCUT2D eigenvalue weighted by molar-refractivity contribution is 7.09. The van der Waals surface area contributed by atoms with Crippen LogP contribution in [0.3, 0.4) is 0 Å². The van der Waals surface area contributed by atoms with E-state index in [0.29, 0.717) is 11.8 Å². The van der Waals surface area contributed by atoms with Gasteiger partial charge in [0.2, 0.25) is 5.82 Å². The molecule has 0 N–H and O–H groups in total. The topological polar surface area (TPSA) is 55.1 Å². The van der Waals surface area contributed by atoms with Gasteiger partial charge in [-0.25, -0.2) is 4.98 Å². The number of hydrogen-bond donors (Lipinski definition) is 0. The van der Waals surface area contributed by atoms with Crippen molar-refractivity contribution >= 4 is 17.4 Å². The van der Waals surface area contributed by atoms with Crippen LogP contribution in [-0.4, -0.2) is 21.7 Å². The smallest absolute Gasteiger partial charge is 0.316 e. The molecule has 4 rings (SSSR count). The highest BCUT2D eigenvalue weighted by Crippen LogP contribution is 2.36. The van der Waals surface area contributed by atoms with E-state index in [4.69, 9.17) is 4.52 Å². The quantitative estimate of drug-likeness (QED) is 0.723. The lowest BCUT2D eigenvalue weighted by atomic mass is 10.1. The molecule has 0 unspecified atom stereocenters. The van der Waals surface area contributed by atoms with E-state index >= 15 is 0 Å². The van der Waals surface area contributed by atoms with Crippen molar-refractivity contribution in [1.29, 1.82) is 0 Å². The summed E-state index contributed by atoms with van der Waals surface area (Å²) < 4.78 is 5.53. The van der Waals surface area contributed by atoms with E-state index in [1.54, 1.807) is 11.3 Å². The predicted octanol–water partition coefficient (Wildman–Crippen LogP) is 4.15. The first-order chi connectivity index (χ1) is 11.2. The number of nitrogens with zero attached hydrogens (tertiary/aromatic N) is 4. The van der Waals surface area contributed by atoms with Gasteiger partial charge in [-0.1, -0.05) is 35.0 Å². The van der Waals surface area contributed by atoms with E-state index in [1.807, 2.05) is 19.1 Å². The third-order valence-electron chi connectivity index (χ3n) is 4.20. The fraction of sp³-hybridized carbons (Fsp3) is 0.353. The summed E-state index contributed by atoms with van der Waals surface area (Å²) >= 11 is 1.69. The van der Waals surface area contributed by atoms with E-state index in [-0.39, 0.29) is 6.04 Å². The molecule has 1 aliphatic rings. The second-order valence-electron chi connectivity index (χ2n) is 5.91. The molecule has 0 saturated carbocycles. The molecule has 5 nitrogen and oxygen atoms in total. The Balaban J connectivity index is 1.61. The van der Waals surface area contributed by atoms with Crippen molar-refractivity contribution in [2.45, 2.75) is 32.7 Å². The highest BCUT2D eigenvalue weighted by Gasteiger charge is 2.31. The number of aromatic nitrogens is 3. The van der Waals surface area contributed by atoms with Crippen molar-refractivity contribution in [2.75, 3.05) is 11.4 Å². The van der Waals surface area contributed by atoms with Crippen LogP contribution in [0.15, 0.2) is 34.2 Å². The molecule has 6 heteroatoms. The van der Waals surface area contributed by atoms with Crippen LogP contribution in [0.4, 0.5) is 6.01 Å². The Kier molecular flexibility index (Phi) is 3.61. The number of benzene rings is 1.